The first kappa shape index (κ1) is 24.9. The summed E-state index contributed by atoms with van der Waals surface area (Å²) in [6, 6.07) is 11.4. The number of furan rings is 1. The zero-order valence-electron chi connectivity index (χ0n) is 20.7. The van der Waals surface area contributed by atoms with Crippen LogP contribution >= 0.6 is 0 Å². The fourth-order valence-corrected chi connectivity index (χ4v) is 4.60. The number of carbonyl (C=O) groups excluding carboxylic acids is 3. The minimum atomic E-state index is -0.0950. The molecule has 3 heterocycles. The van der Waals surface area contributed by atoms with E-state index in [2.05, 4.69) is 22.0 Å². The van der Waals surface area contributed by atoms with Crippen LogP contribution in [0.1, 0.15) is 28.8 Å². The van der Waals surface area contributed by atoms with Crippen LogP contribution in [0.5, 0.6) is 0 Å². The van der Waals surface area contributed by atoms with E-state index in [4.69, 9.17) is 4.42 Å². The molecule has 9 heteroatoms. The number of benzene rings is 1. The van der Waals surface area contributed by atoms with E-state index in [0.717, 1.165) is 23.4 Å². The topological polar surface area (TPSA) is 89.3 Å². The number of nitrogens with zero attached hydrogens (tertiary/aromatic N) is 4. The van der Waals surface area contributed by atoms with Crippen LogP contribution < -0.4 is 5.32 Å². The Balaban J connectivity index is 1.16. The zero-order valence-corrected chi connectivity index (χ0v) is 20.7. The van der Waals surface area contributed by atoms with Gasteiger partial charge in [0.15, 0.2) is 5.76 Å². The molecule has 0 radical (unpaired) electrons. The Kier molecular flexibility index (Phi) is 8.20. The number of para-hydroxylation sites is 1. The summed E-state index contributed by atoms with van der Waals surface area (Å²) in [5, 5.41) is 3.02. The maximum absolute atomic E-state index is 12.8. The molecule has 1 N–H and O–H groups in total. The third kappa shape index (κ3) is 6.49. The van der Waals surface area contributed by atoms with Gasteiger partial charge in [-0.05, 0) is 37.1 Å². The van der Waals surface area contributed by atoms with Crippen LogP contribution in [0, 0.1) is 6.92 Å². The SMILES string of the molecule is CCc1ccccc1NC(=O)CN1CCN(C(=O)CN2CCN(C(=O)c3ccc(C)o3)CC2)CC1. The van der Waals surface area contributed by atoms with Crippen LogP contribution in [0.2, 0.25) is 0 Å². The summed E-state index contributed by atoms with van der Waals surface area (Å²) >= 11 is 0. The lowest BCUT2D eigenvalue weighted by Crippen LogP contribution is -2.55. The summed E-state index contributed by atoms with van der Waals surface area (Å²) in [4.78, 5) is 45.7. The third-order valence-electron chi connectivity index (χ3n) is 6.73. The van der Waals surface area contributed by atoms with Gasteiger partial charge in [-0.15, -0.1) is 0 Å². The van der Waals surface area contributed by atoms with Crippen LogP contribution in [-0.4, -0.2) is 103 Å². The lowest BCUT2D eigenvalue weighted by molar-refractivity contribution is -0.134. The summed E-state index contributed by atoms with van der Waals surface area (Å²) < 4.78 is 5.45. The lowest BCUT2D eigenvalue weighted by Gasteiger charge is -2.37. The van der Waals surface area contributed by atoms with Crippen LogP contribution in [-0.2, 0) is 16.0 Å². The Morgan fingerprint density at radius 1 is 0.829 bits per heavy atom. The van der Waals surface area contributed by atoms with E-state index in [1.807, 2.05) is 36.1 Å². The Bertz CT molecular complexity index is 1040. The summed E-state index contributed by atoms with van der Waals surface area (Å²) in [6.45, 7) is 9.66. The summed E-state index contributed by atoms with van der Waals surface area (Å²) in [5.74, 6) is 1.07. The molecule has 0 bridgehead atoms. The molecule has 0 atom stereocenters. The van der Waals surface area contributed by atoms with E-state index in [0.29, 0.717) is 71.2 Å². The van der Waals surface area contributed by atoms with Crippen molar-refractivity contribution in [2.45, 2.75) is 20.3 Å². The van der Waals surface area contributed by atoms with Gasteiger partial charge in [0.1, 0.15) is 5.76 Å². The number of piperazine rings is 2. The number of carbonyl (C=O) groups is 3. The largest absolute Gasteiger partial charge is 0.456 e. The van der Waals surface area contributed by atoms with Gasteiger partial charge in [-0.25, -0.2) is 0 Å². The molecule has 35 heavy (non-hydrogen) atoms. The van der Waals surface area contributed by atoms with Crippen molar-refractivity contribution in [3.8, 4) is 0 Å². The molecular formula is C26H35N5O4. The number of anilines is 1. The van der Waals surface area contributed by atoms with Crippen LogP contribution in [0.25, 0.3) is 0 Å². The Morgan fingerprint density at radius 2 is 1.46 bits per heavy atom. The van der Waals surface area contributed by atoms with Crippen LogP contribution in [0.15, 0.2) is 40.8 Å². The highest BCUT2D eigenvalue weighted by atomic mass is 16.3. The molecule has 2 aliphatic rings. The number of nitrogens with one attached hydrogen (secondary N) is 1. The first-order valence-corrected chi connectivity index (χ1v) is 12.4. The molecule has 1 aromatic heterocycles. The van der Waals surface area contributed by atoms with Gasteiger partial charge >= 0.3 is 0 Å². The Hall–Kier alpha value is -3.17. The van der Waals surface area contributed by atoms with Crippen LogP contribution in [0.3, 0.4) is 0 Å². The van der Waals surface area contributed by atoms with Crippen LogP contribution in [0.4, 0.5) is 5.69 Å². The molecular weight excluding hydrogens is 446 g/mol. The fourth-order valence-electron chi connectivity index (χ4n) is 4.60. The van der Waals surface area contributed by atoms with E-state index in [9.17, 15) is 14.4 Å². The quantitative estimate of drug-likeness (QED) is 0.648. The van der Waals surface area contributed by atoms with Gasteiger partial charge in [-0.2, -0.15) is 0 Å². The first-order chi connectivity index (χ1) is 16.9. The molecule has 9 nitrogen and oxygen atoms in total. The number of hydrogen-bond donors (Lipinski definition) is 1. The molecule has 0 unspecified atom stereocenters. The highest BCUT2D eigenvalue weighted by molar-refractivity contribution is 5.93. The fraction of sp³-hybridized carbons (Fsp3) is 0.500. The zero-order chi connectivity index (χ0) is 24.8. The Labute approximate surface area is 206 Å². The van der Waals surface area contributed by atoms with E-state index < -0.39 is 0 Å². The van der Waals surface area contributed by atoms with Gasteiger partial charge in [-0.1, -0.05) is 25.1 Å². The summed E-state index contributed by atoms with van der Waals surface area (Å²) in [6.07, 6.45) is 0.867. The van der Waals surface area contributed by atoms with Crippen molar-refractivity contribution >= 4 is 23.4 Å². The first-order valence-electron chi connectivity index (χ1n) is 12.4. The number of amides is 3. The Morgan fingerprint density at radius 3 is 2.09 bits per heavy atom. The van der Waals surface area contributed by atoms with Crippen molar-refractivity contribution in [3.05, 3.63) is 53.5 Å². The predicted molar refractivity (Wildman–Crippen MR) is 133 cm³/mol. The normalized spacial score (nSPS) is 17.4. The van der Waals surface area contributed by atoms with E-state index in [1.54, 1.807) is 17.0 Å². The summed E-state index contributed by atoms with van der Waals surface area (Å²) in [5.41, 5.74) is 1.99. The van der Waals surface area contributed by atoms with Crippen molar-refractivity contribution in [3.63, 3.8) is 0 Å². The second-order valence-corrected chi connectivity index (χ2v) is 9.19. The molecule has 1 aromatic carbocycles. The van der Waals surface area contributed by atoms with Gasteiger partial charge in [0.25, 0.3) is 5.91 Å². The second kappa shape index (κ2) is 11.5. The molecule has 0 spiro atoms. The molecule has 4 rings (SSSR count). The molecule has 2 aliphatic heterocycles. The van der Waals surface area contributed by atoms with E-state index in [1.165, 1.54) is 0 Å². The standard InChI is InChI=1S/C26H35N5O4/c1-3-21-6-4-5-7-22(21)27-24(32)18-28-10-14-30(15-11-28)25(33)19-29-12-16-31(17-13-29)26(34)23-9-8-20(2)35-23/h4-9H,3,10-19H2,1-2H3,(H,27,32). The highest BCUT2D eigenvalue weighted by Crippen LogP contribution is 2.16. The number of rotatable bonds is 7. The lowest BCUT2D eigenvalue weighted by atomic mass is 10.1. The molecule has 0 saturated carbocycles. The van der Waals surface area contributed by atoms with E-state index in [-0.39, 0.29) is 17.7 Å². The van der Waals surface area contributed by atoms with Crippen molar-refractivity contribution in [1.29, 1.82) is 0 Å². The van der Waals surface area contributed by atoms with Crippen molar-refractivity contribution in [2.75, 3.05) is 70.8 Å². The minimum Gasteiger partial charge on any atom is -0.456 e. The highest BCUT2D eigenvalue weighted by Gasteiger charge is 2.28. The van der Waals surface area contributed by atoms with Crippen molar-refractivity contribution in [1.82, 2.24) is 19.6 Å². The molecule has 3 amide bonds. The third-order valence-corrected chi connectivity index (χ3v) is 6.73. The molecule has 188 valence electrons. The monoisotopic (exact) mass is 481 g/mol. The second-order valence-electron chi connectivity index (χ2n) is 9.19. The molecule has 2 fully saturated rings. The predicted octanol–water partition coefficient (Wildman–Crippen LogP) is 1.69. The average Bonchev–Trinajstić information content (AvgIpc) is 3.31. The molecule has 0 aliphatic carbocycles. The van der Waals surface area contributed by atoms with Crippen molar-refractivity contribution < 1.29 is 18.8 Å². The van der Waals surface area contributed by atoms with E-state index >= 15 is 0 Å². The van der Waals surface area contributed by atoms with Crippen molar-refractivity contribution in [2.24, 2.45) is 0 Å². The maximum Gasteiger partial charge on any atom is 0.289 e. The number of hydrogen-bond acceptors (Lipinski definition) is 6. The maximum atomic E-state index is 12.8. The van der Waals surface area contributed by atoms with Gasteiger partial charge in [0.05, 0.1) is 13.1 Å². The minimum absolute atomic E-state index is 0.0252. The smallest absolute Gasteiger partial charge is 0.289 e. The number of aryl methyl sites for hydroxylation is 2. The summed E-state index contributed by atoms with van der Waals surface area (Å²) in [7, 11) is 0. The van der Waals surface area contributed by atoms with Gasteiger partial charge in [0, 0.05) is 58.0 Å². The van der Waals surface area contributed by atoms with Gasteiger partial charge < -0.3 is 19.5 Å². The molecule has 2 aromatic rings. The van der Waals surface area contributed by atoms with Gasteiger partial charge in [-0.3, -0.25) is 24.2 Å². The average molecular weight is 482 g/mol. The molecule has 2 saturated heterocycles. The van der Waals surface area contributed by atoms with Gasteiger partial charge in [0.2, 0.25) is 11.8 Å².